The lowest BCUT2D eigenvalue weighted by molar-refractivity contribution is 0.0895. The quantitative estimate of drug-likeness (QED) is 0.637. The Balaban J connectivity index is 1.69. The largest absolute Gasteiger partial charge is 0.497 e. The van der Waals surface area contributed by atoms with Gasteiger partial charge in [0.15, 0.2) is 0 Å². The van der Waals surface area contributed by atoms with Gasteiger partial charge >= 0.3 is 0 Å². The number of ether oxygens (including phenoxy) is 2. The minimum Gasteiger partial charge on any atom is -0.497 e. The maximum absolute atomic E-state index is 13.2. The van der Waals surface area contributed by atoms with Gasteiger partial charge in [-0.1, -0.05) is 42.8 Å². The number of aryl methyl sites for hydroxylation is 1. The smallest absolute Gasteiger partial charge is 0.252 e. The van der Waals surface area contributed by atoms with E-state index in [1.165, 1.54) is 0 Å². The van der Waals surface area contributed by atoms with Gasteiger partial charge in [-0.15, -0.1) is 0 Å². The molecular formula is C27H26N2O4. The molecule has 33 heavy (non-hydrogen) atoms. The van der Waals surface area contributed by atoms with Crippen molar-refractivity contribution >= 4 is 11.8 Å². The molecule has 3 aromatic carbocycles. The van der Waals surface area contributed by atoms with Crippen LogP contribution >= 0.6 is 0 Å². The first-order valence-electron chi connectivity index (χ1n) is 11.0. The summed E-state index contributed by atoms with van der Waals surface area (Å²) >= 11 is 0. The zero-order valence-electron chi connectivity index (χ0n) is 19.1. The molecule has 2 N–H and O–H groups in total. The molecule has 5 rings (SSSR count). The van der Waals surface area contributed by atoms with Gasteiger partial charge in [0.25, 0.3) is 11.8 Å². The Bertz CT molecular complexity index is 1270. The first-order chi connectivity index (χ1) is 15.9. The van der Waals surface area contributed by atoms with Crippen LogP contribution in [0, 0.1) is 12.8 Å². The Hall–Kier alpha value is -3.80. The molecular weight excluding hydrogens is 416 g/mol. The van der Waals surface area contributed by atoms with E-state index in [4.69, 9.17) is 9.47 Å². The van der Waals surface area contributed by atoms with E-state index in [9.17, 15) is 9.59 Å². The fourth-order valence-corrected chi connectivity index (χ4v) is 5.32. The van der Waals surface area contributed by atoms with Crippen LogP contribution in [-0.4, -0.2) is 26.0 Å². The van der Waals surface area contributed by atoms with E-state index < -0.39 is 5.54 Å². The van der Waals surface area contributed by atoms with E-state index in [1.807, 2.05) is 74.5 Å². The summed E-state index contributed by atoms with van der Waals surface area (Å²) in [4.78, 5) is 26.3. The topological polar surface area (TPSA) is 76.7 Å². The van der Waals surface area contributed by atoms with Crippen LogP contribution in [0.4, 0.5) is 0 Å². The fourth-order valence-electron chi connectivity index (χ4n) is 5.32. The number of carbonyl (C=O) groups is 2. The second kappa shape index (κ2) is 7.66. The minimum absolute atomic E-state index is 0.129. The van der Waals surface area contributed by atoms with Gasteiger partial charge in [0.1, 0.15) is 11.5 Å². The molecule has 3 aromatic rings. The molecule has 6 nitrogen and oxygen atoms in total. The van der Waals surface area contributed by atoms with E-state index >= 15 is 0 Å². The lowest BCUT2D eigenvalue weighted by Crippen LogP contribution is -2.46. The molecule has 1 aliphatic carbocycles. The van der Waals surface area contributed by atoms with E-state index in [0.717, 1.165) is 22.3 Å². The predicted octanol–water partition coefficient (Wildman–Crippen LogP) is 4.12. The third kappa shape index (κ3) is 3.01. The van der Waals surface area contributed by atoms with Crippen LogP contribution in [0.3, 0.4) is 0 Å². The number of rotatable bonds is 4. The Morgan fingerprint density at radius 1 is 1.00 bits per heavy atom. The number of methoxy groups -OCH3 is 2. The summed E-state index contributed by atoms with van der Waals surface area (Å²) in [7, 11) is 3.20. The predicted molar refractivity (Wildman–Crippen MR) is 125 cm³/mol. The van der Waals surface area contributed by atoms with Gasteiger partial charge in [-0.05, 0) is 42.3 Å². The molecule has 1 spiro atoms. The summed E-state index contributed by atoms with van der Waals surface area (Å²) in [6.45, 7) is 4.04. The molecule has 168 valence electrons. The van der Waals surface area contributed by atoms with Gasteiger partial charge in [-0.2, -0.15) is 0 Å². The second-order valence-corrected chi connectivity index (χ2v) is 8.70. The highest BCUT2D eigenvalue weighted by molar-refractivity contribution is 6.01. The fraction of sp³-hybridized carbons (Fsp3) is 0.259. The Labute approximate surface area is 192 Å². The van der Waals surface area contributed by atoms with Gasteiger partial charge in [0.2, 0.25) is 0 Å². The Morgan fingerprint density at radius 3 is 2.42 bits per heavy atom. The molecule has 2 aliphatic rings. The molecule has 6 heteroatoms. The second-order valence-electron chi connectivity index (χ2n) is 8.70. The number of carbonyl (C=O) groups excluding carboxylic acids is 2. The summed E-state index contributed by atoms with van der Waals surface area (Å²) in [6.07, 6.45) is 0. The molecule has 0 aromatic heterocycles. The monoisotopic (exact) mass is 442 g/mol. The SMILES string of the molecule is COc1cc(OC)c2c(c1)[C@]1(NC(=O)c3ccccc31)[C@H](C)[C@H]2NC(=O)c1ccc(C)cc1. The molecule has 0 unspecified atom stereocenters. The van der Waals surface area contributed by atoms with E-state index in [1.54, 1.807) is 14.2 Å². The number of benzene rings is 3. The van der Waals surface area contributed by atoms with Crippen molar-refractivity contribution < 1.29 is 19.1 Å². The zero-order chi connectivity index (χ0) is 23.3. The summed E-state index contributed by atoms with van der Waals surface area (Å²) in [5.74, 6) is 0.749. The van der Waals surface area contributed by atoms with E-state index in [-0.39, 0.29) is 23.8 Å². The van der Waals surface area contributed by atoms with Gasteiger partial charge in [0.05, 0.1) is 25.8 Å². The molecule has 1 aliphatic heterocycles. The lowest BCUT2D eigenvalue weighted by Gasteiger charge is -2.33. The number of hydrogen-bond donors (Lipinski definition) is 2. The number of amides is 2. The van der Waals surface area contributed by atoms with Crippen LogP contribution in [0.25, 0.3) is 0 Å². The van der Waals surface area contributed by atoms with Crippen molar-refractivity contribution in [2.45, 2.75) is 25.4 Å². The lowest BCUT2D eigenvalue weighted by atomic mass is 9.78. The van der Waals surface area contributed by atoms with Gasteiger partial charge < -0.3 is 20.1 Å². The number of hydrogen-bond acceptors (Lipinski definition) is 4. The molecule has 0 bridgehead atoms. The summed E-state index contributed by atoms with van der Waals surface area (Å²) in [6, 6.07) is 18.4. The molecule has 0 saturated carbocycles. The van der Waals surface area contributed by atoms with Crippen molar-refractivity contribution in [2.24, 2.45) is 5.92 Å². The van der Waals surface area contributed by atoms with Crippen LogP contribution in [0.5, 0.6) is 11.5 Å². The molecule has 0 fully saturated rings. The van der Waals surface area contributed by atoms with E-state index in [2.05, 4.69) is 10.6 Å². The molecule has 3 atom stereocenters. The highest BCUT2D eigenvalue weighted by Crippen LogP contribution is 2.57. The van der Waals surface area contributed by atoms with Gasteiger partial charge in [0, 0.05) is 28.7 Å². The molecule has 1 heterocycles. The average Bonchev–Trinajstić information content (AvgIpc) is 3.26. The molecule has 0 saturated heterocycles. The minimum atomic E-state index is -0.809. The normalized spacial score (nSPS) is 22.5. The van der Waals surface area contributed by atoms with Gasteiger partial charge in [-0.25, -0.2) is 0 Å². The summed E-state index contributed by atoms with van der Waals surface area (Å²) in [5, 5.41) is 6.47. The standard InChI is InChI=1S/C27H26N2O4/c1-15-9-11-17(12-10-15)25(30)28-24-16(2)27(20-8-6-5-7-19(20)26(31)29-27)21-13-18(32-3)14-22(33-4)23(21)24/h5-14,16,24H,1-4H3,(H,28,30)(H,29,31)/t16-,24-,27+/m1/s1. The van der Waals surface area contributed by atoms with Crippen LogP contribution in [0.1, 0.15) is 55.9 Å². The molecule has 0 radical (unpaired) electrons. The summed E-state index contributed by atoms with van der Waals surface area (Å²) < 4.78 is 11.3. The Morgan fingerprint density at radius 2 is 1.73 bits per heavy atom. The first kappa shape index (κ1) is 21.1. The van der Waals surface area contributed by atoms with Crippen molar-refractivity contribution in [1.29, 1.82) is 0 Å². The highest BCUT2D eigenvalue weighted by Gasteiger charge is 2.57. The number of fused-ring (bicyclic) bond motifs is 4. The maximum Gasteiger partial charge on any atom is 0.252 e. The van der Waals surface area contributed by atoms with Crippen LogP contribution < -0.4 is 20.1 Å². The van der Waals surface area contributed by atoms with Crippen LogP contribution in [0.15, 0.2) is 60.7 Å². The maximum atomic E-state index is 13.2. The van der Waals surface area contributed by atoms with Crippen molar-refractivity contribution in [2.75, 3.05) is 14.2 Å². The van der Waals surface area contributed by atoms with Gasteiger partial charge in [-0.3, -0.25) is 9.59 Å². The Kier molecular flexibility index (Phi) is 4.89. The summed E-state index contributed by atoms with van der Waals surface area (Å²) in [5.41, 5.74) is 4.12. The van der Waals surface area contributed by atoms with Crippen molar-refractivity contribution in [3.05, 3.63) is 94.0 Å². The van der Waals surface area contributed by atoms with Crippen LogP contribution in [0.2, 0.25) is 0 Å². The zero-order valence-corrected chi connectivity index (χ0v) is 19.1. The third-order valence-corrected chi connectivity index (χ3v) is 7.00. The molecule has 2 amide bonds. The highest BCUT2D eigenvalue weighted by atomic mass is 16.5. The van der Waals surface area contributed by atoms with Crippen LogP contribution in [-0.2, 0) is 5.54 Å². The van der Waals surface area contributed by atoms with Crippen molar-refractivity contribution in [3.63, 3.8) is 0 Å². The van der Waals surface area contributed by atoms with Crippen molar-refractivity contribution in [1.82, 2.24) is 10.6 Å². The number of nitrogens with one attached hydrogen (secondary N) is 2. The van der Waals surface area contributed by atoms with Crippen molar-refractivity contribution in [3.8, 4) is 11.5 Å². The third-order valence-electron chi connectivity index (χ3n) is 7.00. The first-order valence-corrected chi connectivity index (χ1v) is 11.0. The van der Waals surface area contributed by atoms with E-state index in [0.29, 0.717) is 22.6 Å². The average molecular weight is 443 g/mol.